The Labute approximate surface area is 174 Å². The highest BCUT2D eigenvalue weighted by Crippen LogP contribution is 2.31. The summed E-state index contributed by atoms with van der Waals surface area (Å²) in [5.41, 5.74) is 2.25. The van der Waals surface area contributed by atoms with Gasteiger partial charge in [0.15, 0.2) is 5.65 Å². The van der Waals surface area contributed by atoms with E-state index in [1.54, 1.807) is 28.7 Å². The number of alkyl halides is 3. The molecule has 0 aliphatic heterocycles. The van der Waals surface area contributed by atoms with Crippen molar-refractivity contribution in [2.24, 2.45) is 0 Å². The number of hydrogen-bond donors (Lipinski definition) is 1. The summed E-state index contributed by atoms with van der Waals surface area (Å²) in [6.07, 6.45) is 0.00776. The van der Waals surface area contributed by atoms with Gasteiger partial charge in [0.1, 0.15) is 5.69 Å². The molecule has 4 aromatic rings. The molecular formula is C22H14F3N5O. The Kier molecular flexibility index (Phi) is 5.13. The Morgan fingerprint density at radius 1 is 1.03 bits per heavy atom. The number of rotatable bonds is 4. The maximum absolute atomic E-state index is 12.8. The Hall–Kier alpha value is -4.19. The van der Waals surface area contributed by atoms with Crippen molar-refractivity contribution in [2.75, 3.05) is 0 Å². The quantitative estimate of drug-likeness (QED) is 0.535. The van der Waals surface area contributed by atoms with Crippen LogP contribution in [0.25, 0.3) is 16.9 Å². The first-order valence-corrected chi connectivity index (χ1v) is 9.13. The second kappa shape index (κ2) is 7.91. The van der Waals surface area contributed by atoms with Crippen LogP contribution < -0.4 is 5.32 Å². The van der Waals surface area contributed by atoms with Crippen LogP contribution in [0.5, 0.6) is 0 Å². The van der Waals surface area contributed by atoms with Gasteiger partial charge in [-0.25, -0.2) is 9.97 Å². The first-order valence-electron chi connectivity index (χ1n) is 9.13. The van der Waals surface area contributed by atoms with E-state index < -0.39 is 17.6 Å². The number of halogens is 3. The van der Waals surface area contributed by atoms with Gasteiger partial charge in [-0.1, -0.05) is 24.3 Å². The molecule has 9 heteroatoms. The number of carbonyl (C=O) groups excluding carboxylic acids is 1. The molecule has 0 aliphatic rings. The molecule has 0 unspecified atom stereocenters. The molecule has 0 spiro atoms. The monoisotopic (exact) mass is 421 g/mol. The van der Waals surface area contributed by atoms with E-state index in [1.807, 2.05) is 6.07 Å². The Morgan fingerprint density at radius 3 is 2.39 bits per heavy atom. The zero-order valence-corrected chi connectivity index (χ0v) is 15.9. The van der Waals surface area contributed by atoms with Crippen LogP contribution in [0.1, 0.15) is 27.2 Å². The summed E-state index contributed by atoms with van der Waals surface area (Å²) in [5.74, 6) is -0.418. The number of benzene rings is 2. The smallest absolute Gasteiger partial charge is 0.347 e. The van der Waals surface area contributed by atoms with Gasteiger partial charge in [0.25, 0.3) is 5.91 Å². The molecule has 0 bridgehead atoms. The molecule has 2 aromatic heterocycles. The fourth-order valence-electron chi connectivity index (χ4n) is 3.02. The van der Waals surface area contributed by atoms with Crippen LogP contribution in [0.2, 0.25) is 0 Å². The summed E-state index contributed by atoms with van der Waals surface area (Å²) in [6.45, 7) is 0.250. The van der Waals surface area contributed by atoms with Crippen molar-refractivity contribution in [3.63, 3.8) is 0 Å². The van der Waals surface area contributed by atoms with Gasteiger partial charge in [0, 0.05) is 18.3 Å². The van der Waals surface area contributed by atoms with E-state index in [0.29, 0.717) is 22.5 Å². The predicted octanol–water partition coefficient (Wildman–Crippen LogP) is 4.22. The highest BCUT2D eigenvalue weighted by atomic mass is 19.4. The number of nitrogens with one attached hydrogen (secondary N) is 1. The second-order valence-electron chi connectivity index (χ2n) is 6.71. The number of nitriles is 1. The minimum absolute atomic E-state index is 0.132. The molecule has 0 saturated carbocycles. The van der Waals surface area contributed by atoms with Crippen LogP contribution in [0.3, 0.4) is 0 Å². The van der Waals surface area contributed by atoms with Gasteiger partial charge in [0.2, 0.25) is 0 Å². The molecule has 0 radical (unpaired) electrons. The number of carbonyl (C=O) groups is 1. The van der Waals surface area contributed by atoms with E-state index in [4.69, 9.17) is 5.26 Å². The lowest BCUT2D eigenvalue weighted by Gasteiger charge is -2.08. The lowest BCUT2D eigenvalue weighted by Crippen LogP contribution is -2.24. The summed E-state index contributed by atoms with van der Waals surface area (Å²) in [7, 11) is 0. The molecule has 0 aliphatic carbocycles. The standard InChI is InChI=1S/C22H14F3N5O/c23-22(24,25)17-7-5-16(6-8-17)19-11-28-20-12-27-18(13-30(19)20)21(31)29-10-15-3-1-14(9-26)2-4-15/h1-8,11-13H,10H2,(H,29,31). The average Bonchev–Trinajstić information content (AvgIpc) is 3.20. The van der Waals surface area contributed by atoms with E-state index in [9.17, 15) is 18.0 Å². The Bertz CT molecular complexity index is 1290. The number of fused-ring (bicyclic) bond motifs is 1. The Morgan fingerprint density at radius 2 is 1.74 bits per heavy atom. The van der Waals surface area contributed by atoms with Gasteiger partial charge in [-0.3, -0.25) is 9.20 Å². The topological polar surface area (TPSA) is 83.1 Å². The van der Waals surface area contributed by atoms with E-state index in [-0.39, 0.29) is 12.2 Å². The lowest BCUT2D eigenvalue weighted by atomic mass is 10.1. The van der Waals surface area contributed by atoms with Crippen molar-refractivity contribution < 1.29 is 18.0 Å². The molecule has 1 amide bonds. The van der Waals surface area contributed by atoms with E-state index in [2.05, 4.69) is 15.3 Å². The van der Waals surface area contributed by atoms with Gasteiger partial charge in [-0.15, -0.1) is 0 Å². The van der Waals surface area contributed by atoms with Gasteiger partial charge in [-0.05, 0) is 29.8 Å². The van der Waals surface area contributed by atoms with Crippen molar-refractivity contribution in [1.82, 2.24) is 19.7 Å². The van der Waals surface area contributed by atoms with Crippen LogP contribution in [0.15, 0.2) is 67.1 Å². The number of nitrogens with zero attached hydrogens (tertiary/aromatic N) is 4. The minimum atomic E-state index is -4.41. The zero-order chi connectivity index (χ0) is 22.0. The number of aromatic nitrogens is 3. The van der Waals surface area contributed by atoms with Crippen LogP contribution in [0, 0.1) is 11.3 Å². The normalized spacial score (nSPS) is 11.3. The summed E-state index contributed by atoms with van der Waals surface area (Å²) < 4.78 is 40.0. The molecule has 31 heavy (non-hydrogen) atoms. The van der Waals surface area contributed by atoms with Gasteiger partial charge in [-0.2, -0.15) is 18.4 Å². The molecule has 0 atom stereocenters. The third kappa shape index (κ3) is 4.23. The Balaban J connectivity index is 1.56. The largest absolute Gasteiger partial charge is 0.416 e. The van der Waals surface area contributed by atoms with Crippen molar-refractivity contribution >= 4 is 11.6 Å². The third-order valence-corrected chi connectivity index (χ3v) is 4.67. The lowest BCUT2D eigenvalue weighted by molar-refractivity contribution is -0.137. The van der Waals surface area contributed by atoms with Crippen LogP contribution in [0.4, 0.5) is 13.2 Å². The highest BCUT2D eigenvalue weighted by molar-refractivity contribution is 5.92. The van der Waals surface area contributed by atoms with Crippen molar-refractivity contribution in [3.8, 4) is 17.3 Å². The molecular weight excluding hydrogens is 407 g/mol. The molecule has 0 saturated heterocycles. The number of amides is 1. The van der Waals surface area contributed by atoms with Crippen molar-refractivity contribution in [3.05, 3.63) is 89.5 Å². The van der Waals surface area contributed by atoms with E-state index in [0.717, 1.165) is 17.7 Å². The minimum Gasteiger partial charge on any atom is -0.347 e. The summed E-state index contributed by atoms with van der Waals surface area (Å²) in [6, 6.07) is 13.6. The zero-order valence-electron chi connectivity index (χ0n) is 15.9. The maximum Gasteiger partial charge on any atom is 0.416 e. The van der Waals surface area contributed by atoms with Crippen LogP contribution in [-0.2, 0) is 12.7 Å². The van der Waals surface area contributed by atoms with Gasteiger partial charge < -0.3 is 5.32 Å². The SMILES string of the molecule is N#Cc1ccc(CNC(=O)c2cn3c(-c4ccc(C(F)(F)F)cc4)cnc3cn2)cc1. The van der Waals surface area contributed by atoms with E-state index in [1.165, 1.54) is 30.7 Å². The summed E-state index contributed by atoms with van der Waals surface area (Å²) >= 11 is 0. The van der Waals surface area contributed by atoms with Crippen LogP contribution >= 0.6 is 0 Å². The maximum atomic E-state index is 12.8. The number of hydrogen-bond acceptors (Lipinski definition) is 4. The third-order valence-electron chi connectivity index (χ3n) is 4.67. The first kappa shape index (κ1) is 20.1. The molecule has 1 N–H and O–H groups in total. The van der Waals surface area contributed by atoms with Gasteiger partial charge >= 0.3 is 6.18 Å². The van der Waals surface area contributed by atoms with Crippen molar-refractivity contribution in [1.29, 1.82) is 5.26 Å². The van der Waals surface area contributed by atoms with Crippen molar-refractivity contribution in [2.45, 2.75) is 12.7 Å². The fraction of sp³-hybridized carbons (Fsp3) is 0.0909. The molecule has 2 aromatic carbocycles. The number of imidazole rings is 1. The first-order chi connectivity index (χ1) is 14.8. The van der Waals surface area contributed by atoms with Gasteiger partial charge in [0.05, 0.1) is 35.3 Å². The second-order valence-corrected chi connectivity index (χ2v) is 6.71. The average molecular weight is 421 g/mol. The molecule has 4 rings (SSSR count). The predicted molar refractivity (Wildman–Crippen MR) is 106 cm³/mol. The highest BCUT2D eigenvalue weighted by Gasteiger charge is 2.30. The molecule has 6 nitrogen and oxygen atoms in total. The van der Waals surface area contributed by atoms with E-state index >= 15 is 0 Å². The summed E-state index contributed by atoms with van der Waals surface area (Å²) in [5, 5.41) is 11.6. The molecule has 2 heterocycles. The molecule has 0 fully saturated rings. The summed E-state index contributed by atoms with van der Waals surface area (Å²) in [4.78, 5) is 20.8. The fourth-order valence-corrected chi connectivity index (χ4v) is 3.02. The van der Waals surface area contributed by atoms with Crippen LogP contribution in [-0.4, -0.2) is 20.3 Å². The molecule has 154 valence electrons.